The molecule has 0 bridgehead atoms. The van der Waals surface area contributed by atoms with E-state index in [2.05, 4.69) is 29.3 Å². The summed E-state index contributed by atoms with van der Waals surface area (Å²) in [6.07, 6.45) is 3.29. The molecule has 1 aromatic heterocycles. The van der Waals surface area contributed by atoms with Crippen molar-refractivity contribution in [2.45, 2.75) is 45.2 Å². The summed E-state index contributed by atoms with van der Waals surface area (Å²) < 4.78 is 1.82. The predicted octanol–water partition coefficient (Wildman–Crippen LogP) is 4.80. The van der Waals surface area contributed by atoms with Crippen LogP contribution in [-0.4, -0.2) is 34.6 Å². The number of anilines is 1. The van der Waals surface area contributed by atoms with E-state index in [1.807, 2.05) is 77.4 Å². The summed E-state index contributed by atoms with van der Waals surface area (Å²) >= 11 is 0. The highest BCUT2D eigenvalue weighted by Crippen LogP contribution is 2.23. The average molecular weight is 495 g/mol. The monoisotopic (exact) mass is 494 g/mol. The zero-order chi connectivity index (χ0) is 25.6. The van der Waals surface area contributed by atoms with E-state index in [4.69, 9.17) is 4.98 Å². The van der Waals surface area contributed by atoms with Gasteiger partial charge in [-0.2, -0.15) is 0 Å². The number of piperidine rings is 1. The number of para-hydroxylation sites is 2. The molecule has 4 aromatic rings. The lowest BCUT2D eigenvalue weighted by molar-refractivity contribution is -0.126. The molecule has 0 radical (unpaired) electrons. The second kappa shape index (κ2) is 11.4. The fraction of sp³-hybridized carbons (Fsp3) is 0.323. The van der Waals surface area contributed by atoms with Gasteiger partial charge in [-0.15, -0.1) is 0 Å². The first-order chi connectivity index (χ1) is 18.1. The molecule has 5 rings (SSSR count). The van der Waals surface area contributed by atoms with Crippen molar-refractivity contribution in [1.29, 1.82) is 0 Å². The molecule has 1 N–H and O–H groups in total. The minimum Gasteiger partial charge on any atom is -0.353 e. The van der Waals surface area contributed by atoms with Crippen molar-refractivity contribution in [2.24, 2.45) is 5.92 Å². The molecule has 37 heavy (non-hydrogen) atoms. The number of aryl methyl sites for hydroxylation is 1. The number of nitrogens with zero attached hydrogens (tertiary/aromatic N) is 3. The number of hydrogen-bond donors (Lipinski definition) is 1. The highest BCUT2D eigenvalue weighted by atomic mass is 16.2. The fourth-order valence-electron chi connectivity index (χ4n) is 5.12. The Balaban J connectivity index is 1.25. The van der Waals surface area contributed by atoms with Crippen molar-refractivity contribution in [3.8, 4) is 0 Å². The third kappa shape index (κ3) is 5.91. The molecule has 0 saturated carbocycles. The smallest absolute Gasteiger partial charge is 0.294 e. The standard InChI is InChI=1S/C31H34N4O2/c1-23(16-17-24-10-4-2-5-11-24)32-30(36)26-18-20-34(21-19-26)29-31(37)35(22-25-12-6-3-7-13-25)28-15-9-8-14-27(28)33-29/h2-15,23,26H,16-22H2,1H3,(H,32,36). The first kappa shape index (κ1) is 24.8. The van der Waals surface area contributed by atoms with E-state index in [0.29, 0.717) is 38.3 Å². The van der Waals surface area contributed by atoms with Crippen LogP contribution < -0.4 is 15.8 Å². The molecule has 1 saturated heterocycles. The number of hydrogen-bond acceptors (Lipinski definition) is 4. The van der Waals surface area contributed by atoms with E-state index in [9.17, 15) is 9.59 Å². The van der Waals surface area contributed by atoms with Crippen LogP contribution in [0.1, 0.15) is 37.3 Å². The van der Waals surface area contributed by atoms with E-state index in [1.165, 1.54) is 5.56 Å². The summed E-state index contributed by atoms with van der Waals surface area (Å²) in [6, 6.07) is 28.3. The van der Waals surface area contributed by atoms with Crippen LogP contribution in [0, 0.1) is 5.92 Å². The van der Waals surface area contributed by atoms with Gasteiger partial charge in [0.25, 0.3) is 5.56 Å². The first-order valence-electron chi connectivity index (χ1n) is 13.2. The van der Waals surface area contributed by atoms with Crippen molar-refractivity contribution in [2.75, 3.05) is 18.0 Å². The van der Waals surface area contributed by atoms with Gasteiger partial charge in [-0.1, -0.05) is 72.8 Å². The summed E-state index contributed by atoms with van der Waals surface area (Å²) in [6.45, 7) is 3.85. The maximum absolute atomic E-state index is 13.6. The number of carbonyl (C=O) groups is 1. The molecular formula is C31H34N4O2. The van der Waals surface area contributed by atoms with Gasteiger partial charge in [-0.25, -0.2) is 4.98 Å². The lowest BCUT2D eigenvalue weighted by atomic mass is 9.95. The Hall–Kier alpha value is -3.93. The normalized spacial score (nSPS) is 15.0. The van der Waals surface area contributed by atoms with E-state index in [-0.39, 0.29) is 23.4 Å². The van der Waals surface area contributed by atoms with Crippen molar-refractivity contribution in [3.05, 3.63) is 106 Å². The molecule has 0 spiro atoms. The number of carbonyl (C=O) groups excluding carboxylic acids is 1. The van der Waals surface area contributed by atoms with Crippen molar-refractivity contribution in [1.82, 2.24) is 14.9 Å². The molecule has 1 aliphatic heterocycles. The second-order valence-electron chi connectivity index (χ2n) is 10.00. The van der Waals surface area contributed by atoms with Gasteiger partial charge in [0.1, 0.15) is 0 Å². The fourth-order valence-corrected chi connectivity index (χ4v) is 5.12. The highest BCUT2D eigenvalue weighted by molar-refractivity contribution is 5.79. The van der Waals surface area contributed by atoms with Gasteiger partial charge in [0, 0.05) is 25.0 Å². The minimum absolute atomic E-state index is 0.0394. The van der Waals surface area contributed by atoms with Crippen LogP contribution in [0.2, 0.25) is 0 Å². The first-order valence-corrected chi connectivity index (χ1v) is 13.2. The molecule has 1 amide bonds. The molecule has 2 heterocycles. The van der Waals surface area contributed by atoms with Crippen LogP contribution in [0.15, 0.2) is 89.7 Å². The third-order valence-electron chi connectivity index (χ3n) is 7.28. The van der Waals surface area contributed by atoms with Crippen LogP contribution in [0.3, 0.4) is 0 Å². The Kier molecular flexibility index (Phi) is 7.64. The molecule has 6 heteroatoms. The topological polar surface area (TPSA) is 67.2 Å². The summed E-state index contributed by atoms with van der Waals surface area (Å²) in [7, 11) is 0. The quantitative estimate of drug-likeness (QED) is 0.382. The van der Waals surface area contributed by atoms with Gasteiger partial charge in [0.2, 0.25) is 5.91 Å². The van der Waals surface area contributed by atoms with Crippen LogP contribution in [-0.2, 0) is 17.8 Å². The van der Waals surface area contributed by atoms with E-state index in [0.717, 1.165) is 29.4 Å². The number of fused-ring (bicyclic) bond motifs is 1. The predicted molar refractivity (Wildman–Crippen MR) is 149 cm³/mol. The Morgan fingerprint density at radius 3 is 2.24 bits per heavy atom. The Morgan fingerprint density at radius 2 is 1.54 bits per heavy atom. The van der Waals surface area contributed by atoms with Crippen molar-refractivity contribution in [3.63, 3.8) is 0 Å². The lowest BCUT2D eigenvalue weighted by Gasteiger charge is -2.32. The summed E-state index contributed by atoms with van der Waals surface area (Å²) in [5.74, 6) is 0.556. The van der Waals surface area contributed by atoms with E-state index in [1.54, 1.807) is 0 Å². The number of nitrogens with one attached hydrogen (secondary N) is 1. The second-order valence-corrected chi connectivity index (χ2v) is 10.00. The summed E-state index contributed by atoms with van der Waals surface area (Å²) in [5, 5.41) is 3.21. The van der Waals surface area contributed by atoms with E-state index >= 15 is 0 Å². The van der Waals surface area contributed by atoms with Crippen LogP contribution in [0.5, 0.6) is 0 Å². The van der Waals surface area contributed by atoms with Gasteiger partial charge in [0.05, 0.1) is 17.6 Å². The van der Waals surface area contributed by atoms with Crippen molar-refractivity contribution >= 4 is 22.8 Å². The summed E-state index contributed by atoms with van der Waals surface area (Å²) in [4.78, 5) is 33.4. The third-order valence-corrected chi connectivity index (χ3v) is 7.28. The number of rotatable bonds is 8. The zero-order valence-electron chi connectivity index (χ0n) is 21.3. The van der Waals surface area contributed by atoms with Gasteiger partial charge < -0.3 is 10.2 Å². The maximum Gasteiger partial charge on any atom is 0.294 e. The van der Waals surface area contributed by atoms with E-state index < -0.39 is 0 Å². The highest BCUT2D eigenvalue weighted by Gasteiger charge is 2.28. The SMILES string of the molecule is CC(CCc1ccccc1)NC(=O)C1CCN(c2nc3ccccc3n(Cc3ccccc3)c2=O)CC1. The molecule has 6 nitrogen and oxygen atoms in total. The Morgan fingerprint density at radius 1 is 0.919 bits per heavy atom. The Labute approximate surface area is 218 Å². The number of benzene rings is 3. The Bertz CT molecular complexity index is 1390. The van der Waals surface area contributed by atoms with Crippen LogP contribution in [0.25, 0.3) is 11.0 Å². The van der Waals surface area contributed by atoms with Crippen LogP contribution >= 0.6 is 0 Å². The maximum atomic E-state index is 13.6. The molecular weight excluding hydrogens is 460 g/mol. The zero-order valence-corrected chi connectivity index (χ0v) is 21.3. The molecule has 3 aromatic carbocycles. The molecule has 1 aliphatic rings. The molecule has 1 fully saturated rings. The lowest BCUT2D eigenvalue weighted by Crippen LogP contribution is -2.45. The van der Waals surface area contributed by atoms with Gasteiger partial charge in [0.15, 0.2) is 5.82 Å². The largest absolute Gasteiger partial charge is 0.353 e. The van der Waals surface area contributed by atoms with Crippen molar-refractivity contribution < 1.29 is 4.79 Å². The average Bonchev–Trinajstić information content (AvgIpc) is 2.94. The van der Waals surface area contributed by atoms with Crippen LogP contribution in [0.4, 0.5) is 5.82 Å². The number of amides is 1. The summed E-state index contributed by atoms with van der Waals surface area (Å²) in [5.41, 5.74) is 3.92. The van der Waals surface area contributed by atoms with Gasteiger partial charge in [-0.3, -0.25) is 14.2 Å². The minimum atomic E-state index is -0.0833. The molecule has 1 atom stereocenters. The molecule has 1 unspecified atom stereocenters. The number of aromatic nitrogens is 2. The van der Waals surface area contributed by atoms with Gasteiger partial charge in [-0.05, 0) is 55.9 Å². The van der Waals surface area contributed by atoms with Gasteiger partial charge >= 0.3 is 0 Å². The molecule has 0 aliphatic carbocycles. The molecule has 190 valence electrons.